The van der Waals surface area contributed by atoms with E-state index in [2.05, 4.69) is 4.90 Å². The van der Waals surface area contributed by atoms with Crippen molar-refractivity contribution in [2.24, 2.45) is 5.73 Å². The zero-order valence-corrected chi connectivity index (χ0v) is 9.65. The molecule has 1 atom stereocenters. The number of hydrogen-bond donors (Lipinski definition) is 2. The van der Waals surface area contributed by atoms with E-state index in [4.69, 9.17) is 18.0 Å². The highest BCUT2D eigenvalue weighted by Crippen LogP contribution is 2.21. The van der Waals surface area contributed by atoms with Crippen molar-refractivity contribution < 1.29 is 5.11 Å². The van der Waals surface area contributed by atoms with E-state index in [1.165, 1.54) is 0 Å². The average Bonchev–Trinajstić information content (AvgIpc) is 2.23. The minimum atomic E-state index is -0.474. The Morgan fingerprint density at radius 3 is 2.86 bits per heavy atom. The molecular weight excluding hydrogens is 196 g/mol. The molecule has 0 aromatic rings. The van der Waals surface area contributed by atoms with Crippen LogP contribution in [0.25, 0.3) is 0 Å². The number of hydrogen-bond acceptors (Lipinski definition) is 3. The summed E-state index contributed by atoms with van der Waals surface area (Å²) < 4.78 is 0. The first-order chi connectivity index (χ1) is 6.49. The van der Waals surface area contributed by atoms with Crippen molar-refractivity contribution in [3.8, 4) is 0 Å². The zero-order valence-electron chi connectivity index (χ0n) is 8.83. The first-order valence-corrected chi connectivity index (χ1v) is 5.63. The lowest BCUT2D eigenvalue weighted by atomic mass is 9.98. The molecule has 1 aliphatic heterocycles. The standard InChI is InChI=1S/C10H20N2OS/c1-10(13)4-2-6-12(8-5-10)7-3-9(11)14/h13H,2-8H2,1H3,(H2,11,14). The minimum absolute atomic E-state index is 0.474. The lowest BCUT2D eigenvalue weighted by molar-refractivity contribution is 0.0447. The molecule has 0 saturated carbocycles. The Balaban J connectivity index is 2.31. The number of aliphatic hydroxyl groups is 1. The van der Waals surface area contributed by atoms with Crippen LogP contribution in [-0.2, 0) is 0 Å². The monoisotopic (exact) mass is 216 g/mol. The third-order valence-corrected chi connectivity index (χ3v) is 3.03. The molecule has 1 saturated heterocycles. The molecule has 1 unspecified atom stereocenters. The van der Waals surface area contributed by atoms with Crippen LogP contribution in [0.3, 0.4) is 0 Å². The van der Waals surface area contributed by atoms with Gasteiger partial charge in [0, 0.05) is 19.5 Å². The van der Waals surface area contributed by atoms with Gasteiger partial charge in [0.25, 0.3) is 0 Å². The van der Waals surface area contributed by atoms with Crippen molar-refractivity contribution in [2.75, 3.05) is 19.6 Å². The SMILES string of the molecule is CC1(O)CCCN(CCC(N)=S)CC1. The molecular formula is C10H20N2OS. The Hall–Kier alpha value is -0.190. The van der Waals surface area contributed by atoms with Gasteiger partial charge < -0.3 is 15.7 Å². The summed E-state index contributed by atoms with van der Waals surface area (Å²) in [7, 11) is 0. The highest BCUT2D eigenvalue weighted by atomic mass is 32.1. The topological polar surface area (TPSA) is 49.5 Å². The molecule has 0 radical (unpaired) electrons. The number of likely N-dealkylation sites (tertiary alicyclic amines) is 1. The number of nitrogens with zero attached hydrogens (tertiary/aromatic N) is 1. The van der Waals surface area contributed by atoms with Crippen molar-refractivity contribution >= 4 is 17.2 Å². The molecule has 0 bridgehead atoms. The van der Waals surface area contributed by atoms with Gasteiger partial charge in [0.05, 0.1) is 10.6 Å². The summed E-state index contributed by atoms with van der Waals surface area (Å²) in [5, 5.41) is 9.87. The van der Waals surface area contributed by atoms with E-state index in [0.717, 1.165) is 45.3 Å². The van der Waals surface area contributed by atoms with Crippen molar-refractivity contribution in [3.05, 3.63) is 0 Å². The van der Waals surface area contributed by atoms with Gasteiger partial charge in [-0.2, -0.15) is 0 Å². The molecule has 0 aromatic carbocycles. The van der Waals surface area contributed by atoms with Crippen LogP contribution >= 0.6 is 12.2 Å². The quantitative estimate of drug-likeness (QED) is 0.688. The van der Waals surface area contributed by atoms with E-state index in [1.807, 2.05) is 6.92 Å². The van der Waals surface area contributed by atoms with Gasteiger partial charge in [0.15, 0.2) is 0 Å². The summed E-state index contributed by atoms with van der Waals surface area (Å²) in [5.74, 6) is 0. The predicted octanol–water partition coefficient (Wildman–Crippen LogP) is 0.900. The molecule has 4 heteroatoms. The molecule has 14 heavy (non-hydrogen) atoms. The first-order valence-electron chi connectivity index (χ1n) is 5.23. The molecule has 1 rings (SSSR count). The summed E-state index contributed by atoms with van der Waals surface area (Å²) in [4.78, 5) is 2.92. The second kappa shape index (κ2) is 5.05. The van der Waals surface area contributed by atoms with E-state index < -0.39 is 5.60 Å². The molecule has 0 amide bonds. The predicted molar refractivity (Wildman–Crippen MR) is 62.3 cm³/mol. The van der Waals surface area contributed by atoms with Gasteiger partial charge in [-0.15, -0.1) is 0 Å². The number of rotatable bonds is 3. The van der Waals surface area contributed by atoms with Crippen LogP contribution < -0.4 is 5.73 Å². The van der Waals surface area contributed by atoms with Gasteiger partial charge >= 0.3 is 0 Å². The maximum absolute atomic E-state index is 9.87. The second-order valence-electron chi connectivity index (χ2n) is 4.41. The third kappa shape index (κ3) is 4.35. The van der Waals surface area contributed by atoms with E-state index >= 15 is 0 Å². The summed E-state index contributed by atoms with van der Waals surface area (Å²) in [5.41, 5.74) is 4.98. The fourth-order valence-electron chi connectivity index (χ4n) is 1.81. The maximum atomic E-state index is 9.87. The van der Waals surface area contributed by atoms with Crippen molar-refractivity contribution in [1.29, 1.82) is 0 Å². The Bertz CT molecular complexity index is 206. The van der Waals surface area contributed by atoms with Crippen molar-refractivity contribution in [3.63, 3.8) is 0 Å². The maximum Gasteiger partial charge on any atom is 0.0740 e. The highest BCUT2D eigenvalue weighted by molar-refractivity contribution is 7.80. The van der Waals surface area contributed by atoms with Gasteiger partial charge in [-0.3, -0.25) is 0 Å². The molecule has 0 aromatic heterocycles. The molecule has 3 nitrogen and oxygen atoms in total. The lowest BCUT2D eigenvalue weighted by Gasteiger charge is -2.22. The van der Waals surface area contributed by atoms with Crippen molar-refractivity contribution in [2.45, 2.75) is 38.2 Å². The van der Waals surface area contributed by atoms with E-state index in [-0.39, 0.29) is 0 Å². The third-order valence-electron chi connectivity index (χ3n) is 2.83. The molecule has 82 valence electrons. The fraction of sp³-hybridized carbons (Fsp3) is 0.900. The molecule has 1 heterocycles. The average molecular weight is 216 g/mol. The van der Waals surface area contributed by atoms with Crippen LogP contribution in [0.1, 0.15) is 32.6 Å². The normalized spacial score (nSPS) is 29.9. The Kier molecular flexibility index (Phi) is 4.29. The minimum Gasteiger partial charge on any atom is -0.393 e. The van der Waals surface area contributed by atoms with Gasteiger partial charge in [-0.05, 0) is 32.7 Å². The first kappa shape index (κ1) is 11.9. The lowest BCUT2D eigenvalue weighted by Crippen LogP contribution is -2.30. The highest BCUT2D eigenvalue weighted by Gasteiger charge is 2.24. The molecule has 0 spiro atoms. The van der Waals surface area contributed by atoms with E-state index in [9.17, 15) is 5.11 Å². The molecule has 0 aliphatic carbocycles. The smallest absolute Gasteiger partial charge is 0.0740 e. The summed E-state index contributed by atoms with van der Waals surface area (Å²) >= 11 is 4.84. The van der Waals surface area contributed by atoms with Gasteiger partial charge in [-0.25, -0.2) is 0 Å². The Labute approximate surface area is 91.3 Å². The molecule has 1 fully saturated rings. The second-order valence-corrected chi connectivity index (χ2v) is 4.93. The van der Waals surface area contributed by atoms with Gasteiger partial charge in [0.2, 0.25) is 0 Å². The summed E-state index contributed by atoms with van der Waals surface area (Å²) in [6, 6.07) is 0. The summed E-state index contributed by atoms with van der Waals surface area (Å²) in [6.07, 6.45) is 3.60. The zero-order chi connectivity index (χ0) is 10.6. The van der Waals surface area contributed by atoms with Gasteiger partial charge in [0.1, 0.15) is 0 Å². The van der Waals surface area contributed by atoms with Crippen molar-refractivity contribution in [1.82, 2.24) is 4.90 Å². The van der Waals surface area contributed by atoms with Gasteiger partial charge in [-0.1, -0.05) is 12.2 Å². The fourth-order valence-corrected chi connectivity index (χ4v) is 1.90. The van der Waals surface area contributed by atoms with Crippen LogP contribution in [0.2, 0.25) is 0 Å². The summed E-state index contributed by atoms with van der Waals surface area (Å²) in [6.45, 7) is 4.86. The van der Waals surface area contributed by atoms with Crippen LogP contribution in [0.15, 0.2) is 0 Å². The number of nitrogens with two attached hydrogens (primary N) is 1. The largest absolute Gasteiger partial charge is 0.393 e. The van der Waals surface area contributed by atoms with Crippen LogP contribution in [0.4, 0.5) is 0 Å². The van der Waals surface area contributed by atoms with E-state index in [0.29, 0.717) is 4.99 Å². The van der Waals surface area contributed by atoms with Crippen LogP contribution in [-0.4, -0.2) is 40.2 Å². The van der Waals surface area contributed by atoms with Crippen LogP contribution in [0.5, 0.6) is 0 Å². The molecule has 1 aliphatic rings. The van der Waals surface area contributed by atoms with E-state index in [1.54, 1.807) is 0 Å². The molecule has 3 N–H and O–H groups in total. The number of thiocarbonyl (C=S) groups is 1. The Morgan fingerprint density at radius 2 is 2.21 bits per heavy atom. The Morgan fingerprint density at radius 1 is 1.50 bits per heavy atom. The van der Waals surface area contributed by atoms with Crippen LogP contribution in [0, 0.1) is 0 Å².